The smallest absolute Gasteiger partial charge is 0.269 e. The van der Waals surface area contributed by atoms with Crippen molar-refractivity contribution in [2.45, 2.75) is 13.3 Å². The first kappa shape index (κ1) is 14.4. The van der Waals surface area contributed by atoms with E-state index >= 15 is 0 Å². The van der Waals surface area contributed by atoms with E-state index in [0.717, 1.165) is 5.56 Å². The Morgan fingerprint density at radius 3 is 2.67 bits per heavy atom. The minimum absolute atomic E-state index is 0.0226. The molecule has 0 saturated carbocycles. The lowest BCUT2D eigenvalue weighted by Gasteiger charge is -1.96. The summed E-state index contributed by atoms with van der Waals surface area (Å²) in [4.78, 5) is 21.1. The molecule has 108 valence electrons. The highest BCUT2D eigenvalue weighted by Gasteiger charge is 2.07. The summed E-state index contributed by atoms with van der Waals surface area (Å²) in [5.74, 6) is 0.848. The number of non-ortho nitro benzene ring substituents is 1. The molecule has 0 radical (unpaired) electrons. The third kappa shape index (κ3) is 3.75. The predicted molar refractivity (Wildman–Crippen MR) is 76.8 cm³/mol. The van der Waals surface area contributed by atoms with Crippen LogP contribution in [-0.2, 0) is 4.79 Å². The van der Waals surface area contributed by atoms with Crippen molar-refractivity contribution in [3.63, 3.8) is 0 Å². The number of hydrogen-bond acceptors (Lipinski definition) is 5. The first-order chi connectivity index (χ1) is 10.1. The lowest BCUT2D eigenvalue weighted by atomic mass is 10.1. The number of hydrogen-bond donors (Lipinski definition) is 1. The molecular weight excluding hydrogens is 274 g/mol. The molecule has 7 nitrogen and oxygen atoms in total. The standard InChI is InChI=1S/C14H13N3O4/c1-2-14(18)16-15-9-12-7-8-13(21-12)10-3-5-11(6-4-10)17(19)20/h3-9H,2H2,1H3,(H,16,18)/b15-9+. The number of hydrazone groups is 1. The second kappa shape index (κ2) is 6.47. The minimum atomic E-state index is -0.458. The summed E-state index contributed by atoms with van der Waals surface area (Å²) in [5, 5.41) is 14.3. The van der Waals surface area contributed by atoms with Crippen molar-refractivity contribution >= 4 is 17.8 Å². The van der Waals surface area contributed by atoms with Gasteiger partial charge in [-0.15, -0.1) is 0 Å². The third-order valence-corrected chi connectivity index (χ3v) is 2.69. The summed E-state index contributed by atoms with van der Waals surface area (Å²) < 4.78 is 5.52. The summed E-state index contributed by atoms with van der Waals surface area (Å²) in [7, 11) is 0. The van der Waals surface area contributed by atoms with Gasteiger partial charge in [0.05, 0.1) is 11.1 Å². The topological polar surface area (TPSA) is 97.7 Å². The van der Waals surface area contributed by atoms with E-state index in [1.807, 2.05) is 0 Å². The molecule has 0 aliphatic heterocycles. The first-order valence-corrected chi connectivity index (χ1v) is 6.26. The summed E-state index contributed by atoms with van der Waals surface area (Å²) in [6.07, 6.45) is 1.74. The number of nitro groups is 1. The van der Waals surface area contributed by atoms with Crippen molar-refractivity contribution in [2.24, 2.45) is 5.10 Å². The molecule has 2 rings (SSSR count). The molecule has 1 heterocycles. The molecule has 1 amide bonds. The van der Waals surface area contributed by atoms with Crippen LogP contribution in [0, 0.1) is 10.1 Å². The van der Waals surface area contributed by atoms with Gasteiger partial charge < -0.3 is 4.42 Å². The monoisotopic (exact) mass is 287 g/mol. The van der Waals surface area contributed by atoms with Crippen molar-refractivity contribution < 1.29 is 14.1 Å². The summed E-state index contributed by atoms with van der Waals surface area (Å²) >= 11 is 0. The molecular formula is C14H13N3O4. The van der Waals surface area contributed by atoms with E-state index < -0.39 is 4.92 Å². The van der Waals surface area contributed by atoms with Crippen molar-refractivity contribution in [1.82, 2.24) is 5.43 Å². The van der Waals surface area contributed by atoms with E-state index in [9.17, 15) is 14.9 Å². The van der Waals surface area contributed by atoms with Crippen LogP contribution in [0.2, 0.25) is 0 Å². The molecule has 0 bridgehead atoms. The summed E-state index contributed by atoms with van der Waals surface area (Å²) in [6.45, 7) is 1.73. The Bertz CT molecular complexity index is 674. The van der Waals surface area contributed by atoms with Gasteiger partial charge in [-0.05, 0) is 24.3 Å². The van der Waals surface area contributed by atoms with Gasteiger partial charge in [0.25, 0.3) is 5.69 Å². The zero-order chi connectivity index (χ0) is 15.2. The molecule has 0 spiro atoms. The number of nitrogens with one attached hydrogen (secondary N) is 1. The zero-order valence-corrected chi connectivity index (χ0v) is 11.3. The maximum Gasteiger partial charge on any atom is 0.269 e. The van der Waals surface area contributed by atoms with Gasteiger partial charge in [0, 0.05) is 24.1 Å². The van der Waals surface area contributed by atoms with Gasteiger partial charge in [0.15, 0.2) is 0 Å². The van der Waals surface area contributed by atoms with E-state index in [-0.39, 0.29) is 11.6 Å². The van der Waals surface area contributed by atoms with Gasteiger partial charge in [-0.3, -0.25) is 14.9 Å². The third-order valence-electron chi connectivity index (χ3n) is 2.69. The predicted octanol–water partition coefficient (Wildman–Crippen LogP) is 2.71. The van der Waals surface area contributed by atoms with Gasteiger partial charge in [-0.25, -0.2) is 5.43 Å². The molecule has 0 unspecified atom stereocenters. The quantitative estimate of drug-likeness (QED) is 0.519. The summed E-state index contributed by atoms with van der Waals surface area (Å²) in [6, 6.07) is 9.45. The van der Waals surface area contributed by atoms with E-state index in [1.54, 1.807) is 31.2 Å². The zero-order valence-electron chi connectivity index (χ0n) is 11.3. The fourth-order valence-corrected chi connectivity index (χ4v) is 1.57. The second-order valence-electron chi connectivity index (χ2n) is 4.15. The van der Waals surface area contributed by atoms with Crippen LogP contribution in [0.1, 0.15) is 19.1 Å². The maximum absolute atomic E-state index is 11.0. The van der Waals surface area contributed by atoms with Gasteiger partial charge in [0.2, 0.25) is 5.91 Å². The van der Waals surface area contributed by atoms with E-state index in [2.05, 4.69) is 10.5 Å². The average Bonchev–Trinajstić information content (AvgIpc) is 2.96. The Hall–Kier alpha value is -2.96. The highest BCUT2D eigenvalue weighted by molar-refractivity contribution is 5.80. The highest BCUT2D eigenvalue weighted by atomic mass is 16.6. The lowest BCUT2D eigenvalue weighted by molar-refractivity contribution is -0.384. The first-order valence-electron chi connectivity index (χ1n) is 6.26. The lowest BCUT2D eigenvalue weighted by Crippen LogP contribution is -2.15. The molecule has 1 N–H and O–H groups in total. The Morgan fingerprint density at radius 1 is 1.33 bits per heavy atom. The number of carbonyl (C=O) groups is 1. The Morgan fingerprint density at radius 2 is 2.05 bits per heavy atom. The van der Waals surface area contributed by atoms with Crippen LogP contribution in [0.15, 0.2) is 45.9 Å². The van der Waals surface area contributed by atoms with Crippen LogP contribution in [-0.4, -0.2) is 17.0 Å². The maximum atomic E-state index is 11.0. The van der Waals surface area contributed by atoms with Crippen LogP contribution in [0.25, 0.3) is 11.3 Å². The average molecular weight is 287 g/mol. The number of benzene rings is 1. The molecule has 0 saturated heterocycles. The molecule has 0 fully saturated rings. The molecule has 7 heteroatoms. The van der Waals surface area contributed by atoms with Crippen molar-refractivity contribution in [2.75, 3.05) is 0 Å². The van der Waals surface area contributed by atoms with Crippen LogP contribution in [0.4, 0.5) is 5.69 Å². The van der Waals surface area contributed by atoms with E-state index in [1.165, 1.54) is 18.3 Å². The second-order valence-corrected chi connectivity index (χ2v) is 4.15. The largest absolute Gasteiger partial charge is 0.455 e. The van der Waals surface area contributed by atoms with E-state index in [4.69, 9.17) is 4.42 Å². The number of carbonyl (C=O) groups excluding carboxylic acids is 1. The molecule has 2 aromatic rings. The van der Waals surface area contributed by atoms with Crippen LogP contribution in [0.3, 0.4) is 0 Å². The highest BCUT2D eigenvalue weighted by Crippen LogP contribution is 2.23. The van der Waals surface area contributed by atoms with Crippen LogP contribution in [0.5, 0.6) is 0 Å². The fraction of sp³-hybridized carbons (Fsp3) is 0.143. The minimum Gasteiger partial charge on any atom is -0.455 e. The van der Waals surface area contributed by atoms with E-state index in [0.29, 0.717) is 17.9 Å². The van der Waals surface area contributed by atoms with Gasteiger partial charge in [0.1, 0.15) is 11.5 Å². The Balaban J connectivity index is 2.09. The Labute approximate surface area is 120 Å². The molecule has 1 aromatic carbocycles. The number of rotatable bonds is 5. The fourth-order valence-electron chi connectivity index (χ4n) is 1.57. The molecule has 0 aliphatic rings. The van der Waals surface area contributed by atoms with Gasteiger partial charge in [-0.1, -0.05) is 6.92 Å². The van der Waals surface area contributed by atoms with Crippen LogP contribution >= 0.6 is 0 Å². The van der Waals surface area contributed by atoms with Gasteiger partial charge >= 0.3 is 0 Å². The molecule has 21 heavy (non-hydrogen) atoms. The van der Waals surface area contributed by atoms with Crippen molar-refractivity contribution in [3.05, 3.63) is 52.3 Å². The summed E-state index contributed by atoms with van der Waals surface area (Å²) in [5.41, 5.74) is 3.09. The molecule has 0 aliphatic carbocycles. The van der Waals surface area contributed by atoms with Crippen molar-refractivity contribution in [3.8, 4) is 11.3 Å². The SMILES string of the molecule is CCC(=O)N/N=C/c1ccc(-c2ccc([N+](=O)[O-])cc2)o1. The Kier molecular flexibility index (Phi) is 4.45. The number of furan rings is 1. The normalized spacial score (nSPS) is 10.7. The molecule has 1 aromatic heterocycles. The molecule has 0 atom stereocenters. The van der Waals surface area contributed by atoms with Crippen LogP contribution < -0.4 is 5.43 Å². The van der Waals surface area contributed by atoms with Gasteiger partial charge in [-0.2, -0.15) is 5.10 Å². The number of nitrogens with zero attached hydrogens (tertiary/aromatic N) is 2. The number of nitro benzene ring substituents is 1. The number of amides is 1. The van der Waals surface area contributed by atoms with Crippen molar-refractivity contribution in [1.29, 1.82) is 0 Å².